The van der Waals surface area contributed by atoms with Crippen molar-refractivity contribution in [1.82, 2.24) is 19.5 Å². The van der Waals surface area contributed by atoms with E-state index in [-0.39, 0.29) is 37.8 Å². The van der Waals surface area contributed by atoms with Crippen LogP contribution >= 0.6 is 22.9 Å². The predicted molar refractivity (Wildman–Crippen MR) is 134 cm³/mol. The minimum absolute atomic E-state index is 0.133. The van der Waals surface area contributed by atoms with E-state index >= 15 is 0 Å². The number of fused-ring (bicyclic) bond motifs is 1. The van der Waals surface area contributed by atoms with Crippen molar-refractivity contribution in [3.8, 4) is 0 Å². The molecule has 1 aliphatic rings. The Morgan fingerprint density at radius 1 is 1.11 bits per heavy atom. The minimum atomic E-state index is -5.32. The van der Waals surface area contributed by atoms with Crippen LogP contribution in [0, 0.1) is 6.92 Å². The van der Waals surface area contributed by atoms with Gasteiger partial charge < -0.3 is 0 Å². The number of aromatic nitrogens is 3. The van der Waals surface area contributed by atoms with Crippen LogP contribution in [0.15, 0.2) is 48.7 Å². The maximum atomic E-state index is 13.0. The lowest BCUT2D eigenvalue weighted by atomic mass is 9.88. The molecular formula is C24H22ClF3N4O2S2. The molecule has 1 aliphatic heterocycles. The van der Waals surface area contributed by atoms with Crippen molar-refractivity contribution in [2.24, 2.45) is 0 Å². The van der Waals surface area contributed by atoms with Crippen molar-refractivity contribution in [3.05, 3.63) is 80.4 Å². The summed E-state index contributed by atoms with van der Waals surface area (Å²) in [7, 11) is -5.32. The molecule has 190 valence electrons. The van der Waals surface area contributed by atoms with Crippen LogP contribution in [0.3, 0.4) is 0 Å². The molecule has 4 aromatic rings. The molecule has 1 saturated heterocycles. The number of H-pyrrole nitrogens is 1. The Kier molecular flexibility index (Phi) is 6.61. The molecule has 0 amide bonds. The van der Waals surface area contributed by atoms with Crippen molar-refractivity contribution in [3.63, 3.8) is 0 Å². The number of aromatic amines is 1. The van der Waals surface area contributed by atoms with E-state index in [0.717, 1.165) is 37.6 Å². The van der Waals surface area contributed by atoms with Gasteiger partial charge in [-0.05, 0) is 55.2 Å². The molecule has 1 unspecified atom stereocenters. The van der Waals surface area contributed by atoms with Gasteiger partial charge in [-0.3, -0.25) is 5.10 Å². The second-order valence-corrected chi connectivity index (χ2v) is 12.5. The van der Waals surface area contributed by atoms with Crippen LogP contribution in [-0.4, -0.2) is 46.5 Å². The van der Waals surface area contributed by atoms with E-state index in [1.54, 1.807) is 11.3 Å². The zero-order chi connectivity index (χ0) is 25.7. The van der Waals surface area contributed by atoms with Crippen LogP contribution in [0.5, 0.6) is 0 Å². The van der Waals surface area contributed by atoms with Crippen molar-refractivity contribution in [1.29, 1.82) is 0 Å². The molecule has 0 aliphatic carbocycles. The zero-order valence-electron chi connectivity index (χ0n) is 19.1. The Morgan fingerprint density at radius 3 is 2.39 bits per heavy atom. The molecule has 3 heterocycles. The first-order valence-corrected chi connectivity index (χ1v) is 13.9. The summed E-state index contributed by atoms with van der Waals surface area (Å²) in [4.78, 5) is 5.72. The highest BCUT2D eigenvalue weighted by atomic mass is 35.5. The smallest absolute Gasteiger partial charge is 0.278 e. The highest BCUT2D eigenvalue weighted by Crippen LogP contribution is 2.39. The van der Waals surface area contributed by atoms with E-state index in [0.29, 0.717) is 9.33 Å². The van der Waals surface area contributed by atoms with Gasteiger partial charge in [0.25, 0.3) is 0 Å². The number of hydrogen-bond donors (Lipinski definition) is 1. The fourth-order valence-corrected chi connectivity index (χ4v) is 6.74. The number of thiazole rings is 1. The molecule has 0 bridgehead atoms. The quantitative estimate of drug-likeness (QED) is 0.319. The van der Waals surface area contributed by atoms with Crippen LogP contribution in [-0.2, 0) is 10.0 Å². The van der Waals surface area contributed by atoms with Gasteiger partial charge in [0.15, 0.2) is 0 Å². The maximum Gasteiger partial charge on any atom is 0.511 e. The van der Waals surface area contributed by atoms with E-state index in [4.69, 9.17) is 11.6 Å². The lowest BCUT2D eigenvalue weighted by molar-refractivity contribution is -0.0494. The number of hydrogen-bond acceptors (Lipinski definition) is 5. The number of nitrogens with zero attached hydrogens (tertiary/aromatic N) is 3. The number of aryl methyl sites for hydroxylation is 1. The molecule has 1 N–H and O–H groups in total. The second kappa shape index (κ2) is 9.44. The summed E-state index contributed by atoms with van der Waals surface area (Å²) in [6.45, 7) is 1.60. The number of piperidine rings is 1. The van der Waals surface area contributed by atoms with E-state index in [1.165, 1.54) is 0 Å². The number of rotatable bonds is 5. The zero-order valence-corrected chi connectivity index (χ0v) is 21.5. The molecule has 6 nitrogen and oxygen atoms in total. The summed E-state index contributed by atoms with van der Waals surface area (Å²) in [6.07, 6.45) is 2.35. The predicted octanol–water partition coefficient (Wildman–Crippen LogP) is 6.19. The van der Waals surface area contributed by atoms with E-state index in [9.17, 15) is 21.6 Å². The van der Waals surface area contributed by atoms with Crippen molar-refractivity contribution < 1.29 is 21.6 Å². The molecular weight excluding hydrogens is 533 g/mol. The molecule has 0 spiro atoms. The highest BCUT2D eigenvalue weighted by Gasteiger charge is 2.50. The number of alkyl halides is 3. The third-order valence-electron chi connectivity index (χ3n) is 6.51. The Morgan fingerprint density at radius 2 is 1.78 bits per heavy atom. The molecule has 1 atom stereocenters. The topological polar surface area (TPSA) is 79.0 Å². The molecule has 1 fully saturated rings. The van der Waals surface area contributed by atoms with E-state index < -0.39 is 15.5 Å². The average Bonchev–Trinajstić information content (AvgIpc) is 3.46. The Bertz CT molecular complexity index is 1490. The van der Waals surface area contributed by atoms with Gasteiger partial charge in [-0.1, -0.05) is 29.8 Å². The van der Waals surface area contributed by atoms with Crippen molar-refractivity contribution >= 4 is 43.9 Å². The van der Waals surface area contributed by atoms with Crippen molar-refractivity contribution in [2.75, 3.05) is 13.1 Å². The Balaban J connectivity index is 1.48. The molecule has 0 radical (unpaired) electrons. The van der Waals surface area contributed by atoms with Gasteiger partial charge in [0, 0.05) is 40.5 Å². The standard InChI is InChI=1S/C24H22ClF3N4O2S2/c1-14-13-29-23(35-14)21(15-2-5-18(25)6-3-15)17-4-7-20-19(12-17)22(31-30-20)16-8-10-32(11-9-16)36(33,34)24(26,27)28/h2-7,12-13,16,21H,8-11H2,1H3,(H,30,31). The van der Waals surface area contributed by atoms with Crippen molar-refractivity contribution in [2.45, 2.75) is 37.1 Å². The lowest BCUT2D eigenvalue weighted by Gasteiger charge is -2.31. The van der Waals surface area contributed by atoms with Gasteiger partial charge >= 0.3 is 15.5 Å². The third kappa shape index (κ3) is 4.65. The fraction of sp³-hybridized carbons (Fsp3) is 0.333. The van der Waals surface area contributed by atoms with Crippen LogP contribution in [0.2, 0.25) is 5.02 Å². The van der Waals surface area contributed by atoms with Gasteiger partial charge in [0.2, 0.25) is 0 Å². The summed E-state index contributed by atoms with van der Waals surface area (Å²) in [5.74, 6) is -0.295. The Labute approximate surface area is 215 Å². The average molecular weight is 555 g/mol. The van der Waals surface area contributed by atoms with Crippen LogP contribution in [0.1, 0.15) is 51.4 Å². The number of sulfonamides is 1. The maximum absolute atomic E-state index is 13.0. The van der Waals surface area contributed by atoms with Gasteiger partial charge in [-0.25, -0.2) is 13.4 Å². The normalized spacial score (nSPS) is 17.0. The monoisotopic (exact) mass is 554 g/mol. The lowest BCUT2D eigenvalue weighted by Crippen LogP contribution is -2.44. The van der Waals surface area contributed by atoms with Crippen LogP contribution in [0.25, 0.3) is 10.9 Å². The fourth-order valence-electron chi connectivity index (χ4n) is 4.70. The summed E-state index contributed by atoms with van der Waals surface area (Å²) >= 11 is 7.73. The first-order valence-electron chi connectivity index (χ1n) is 11.3. The molecule has 36 heavy (non-hydrogen) atoms. The number of nitrogens with one attached hydrogen (secondary N) is 1. The largest absolute Gasteiger partial charge is 0.511 e. The van der Waals surface area contributed by atoms with Crippen LogP contribution < -0.4 is 0 Å². The molecule has 0 saturated carbocycles. The van der Waals surface area contributed by atoms with Gasteiger partial charge in [-0.2, -0.15) is 22.6 Å². The molecule has 2 aromatic carbocycles. The van der Waals surface area contributed by atoms with Gasteiger partial charge in [-0.15, -0.1) is 11.3 Å². The second-order valence-electron chi connectivity index (χ2n) is 8.83. The van der Waals surface area contributed by atoms with Crippen LogP contribution in [0.4, 0.5) is 13.2 Å². The summed E-state index contributed by atoms with van der Waals surface area (Å²) in [5.41, 5.74) is -1.72. The third-order valence-corrected chi connectivity index (χ3v) is 9.37. The van der Waals surface area contributed by atoms with Gasteiger partial charge in [0.1, 0.15) is 5.01 Å². The first kappa shape index (κ1) is 25.2. The summed E-state index contributed by atoms with van der Waals surface area (Å²) in [5, 5.41) is 9.93. The highest BCUT2D eigenvalue weighted by molar-refractivity contribution is 7.90. The van der Waals surface area contributed by atoms with E-state index in [2.05, 4.69) is 15.2 Å². The number of halogens is 4. The molecule has 12 heteroatoms. The summed E-state index contributed by atoms with van der Waals surface area (Å²) in [6, 6.07) is 13.6. The SMILES string of the molecule is Cc1cnc(C(c2ccc(Cl)cc2)c2ccc3[nH]nc(C4CCN(S(=O)(=O)C(F)(F)F)CC4)c3c2)s1. The molecule has 2 aromatic heterocycles. The van der Waals surface area contributed by atoms with E-state index in [1.807, 2.05) is 55.6 Å². The van der Waals surface area contributed by atoms with Gasteiger partial charge in [0.05, 0.1) is 17.1 Å². The molecule has 5 rings (SSSR count). The summed E-state index contributed by atoms with van der Waals surface area (Å²) < 4.78 is 63.0. The minimum Gasteiger partial charge on any atom is -0.278 e. The first-order chi connectivity index (χ1) is 17.0. The number of benzene rings is 2. The Hall–Kier alpha value is -2.47.